The van der Waals surface area contributed by atoms with Crippen LogP contribution in [0.4, 0.5) is 0 Å². The number of halogens is 2. The summed E-state index contributed by atoms with van der Waals surface area (Å²) in [7, 11) is 0. The maximum absolute atomic E-state index is 12.1. The summed E-state index contributed by atoms with van der Waals surface area (Å²) in [6.45, 7) is 2.70. The van der Waals surface area contributed by atoms with Crippen LogP contribution < -0.4 is 5.32 Å². The normalized spacial score (nSPS) is 23.1. The van der Waals surface area contributed by atoms with E-state index in [-0.39, 0.29) is 5.91 Å². The quantitative estimate of drug-likeness (QED) is 0.812. The van der Waals surface area contributed by atoms with E-state index in [0.29, 0.717) is 21.3 Å². The fourth-order valence-electron chi connectivity index (χ4n) is 2.50. The van der Waals surface area contributed by atoms with Crippen LogP contribution in [0.2, 0.25) is 5.02 Å². The van der Waals surface area contributed by atoms with Crippen LogP contribution >= 0.6 is 27.5 Å². The van der Waals surface area contributed by atoms with Gasteiger partial charge in [0.1, 0.15) is 0 Å². The van der Waals surface area contributed by atoms with E-state index in [1.165, 1.54) is 25.7 Å². The highest BCUT2D eigenvalue weighted by molar-refractivity contribution is 9.09. The molecule has 19 heavy (non-hydrogen) atoms. The molecule has 1 amide bonds. The Bertz CT molecular complexity index is 455. The number of carbonyl (C=O) groups excluding carboxylic acids is 1. The molecule has 0 bridgehead atoms. The molecule has 2 nitrogen and oxygen atoms in total. The second-order valence-corrected chi connectivity index (χ2v) is 7.02. The van der Waals surface area contributed by atoms with Crippen molar-refractivity contribution in [1.29, 1.82) is 0 Å². The second kappa shape index (κ2) is 6.76. The maximum atomic E-state index is 12.1. The van der Waals surface area contributed by atoms with Crippen molar-refractivity contribution in [3.63, 3.8) is 0 Å². The summed E-state index contributed by atoms with van der Waals surface area (Å²) in [4.78, 5) is 12.8. The van der Waals surface area contributed by atoms with Gasteiger partial charge in [0.15, 0.2) is 0 Å². The van der Waals surface area contributed by atoms with Gasteiger partial charge in [-0.15, -0.1) is 0 Å². The average molecular weight is 345 g/mol. The molecule has 1 aromatic carbocycles. The standard InChI is InChI=1S/C15H19BrClNO/c1-10-2-7-13(17)8-14(10)15(19)18-9-11-3-5-12(16)6-4-11/h2,7-8,11-12H,3-6,9H2,1H3,(H,18,19). The van der Waals surface area contributed by atoms with Crippen molar-refractivity contribution in [1.82, 2.24) is 5.32 Å². The molecule has 0 aliphatic heterocycles. The van der Waals surface area contributed by atoms with Crippen LogP contribution in [0.5, 0.6) is 0 Å². The Morgan fingerprint density at radius 3 is 2.74 bits per heavy atom. The molecule has 1 saturated carbocycles. The summed E-state index contributed by atoms with van der Waals surface area (Å²) in [5, 5.41) is 3.65. The monoisotopic (exact) mass is 343 g/mol. The van der Waals surface area contributed by atoms with E-state index in [1.807, 2.05) is 19.1 Å². The summed E-state index contributed by atoms with van der Waals surface area (Å²) in [5.41, 5.74) is 1.65. The minimum Gasteiger partial charge on any atom is -0.352 e. The van der Waals surface area contributed by atoms with Gasteiger partial charge in [-0.2, -0.15) is 0 Å². The summed E-state index contributed by atoms with van der Waals surface area (Å²) in [6, 6.07) is 5.43. The second-order valence-electron chi connectivity index (χ2n) is 5.29. The third-order valence-electron chi connectivity index (χ3n) is 3.77. The van der Waals surface area contributed by atoms with Crippen molar-refractivity contribution >= 4 is 33.4 Å². The lowest BCUT2D eigenvalue weighted by Crippen LogP contribution is -2.31. The zero-order valence-corrected chi connectivity index (χ0v) is 13.4. The number of hydrogen-bond donors (Lipinski definition) is 1. The topological polar surface area (TPSA) is 29.1 Å². The molecule has 0 saturated heterocycles. The number of benzene rings is 1. The highest BCUT2D eigenvalue weighted by Gasteiger charge is 2.20. The Morgan fingerprint density at radius 2 is 2.05 bits per heavy atom. The molecule has 104 valence electrons. The van der Waals surface area contributed by atoms with E-state index >= 15 is 0 Å². The summed E-state index contributed by atoms with van der Waals surface area (Å²) in [6.07, 6.45) is 4.78. The van der Waals surface area contributed by atoms with Gasteiger partial charge >= 0.3 is 0 Å². The number of amides is 1. The van der Waals surface area contributed by atoms with Gasteiger partial charge in [-0.25, -0.2) is 0 Å². The van der Waals surface area contributed by atoms with E-state index in [0.717, 1.165) is 12.1 Å². The van der Waals surface area contributed by atoms with Crippen molar-refractivity contribution < 1.29 is 4.79 Å². The molecule has 1 N–H and O–H groups in total. The molecule has 0 aromatic heterocycles. The highest BCUT2D eigenvalue weighted by Crippen LogP contribution is 2.28. The minimum absolute atomic E-state index is 0.0130. The molecule has 4 heteroatoms. The first kappa shape index (κ1) is 14.9. The Kier molecular flexibility index (Phi) is 5.28. The SMILES string of the molecule is Cc1ccc(Cl)cc1C(=O)NCC1CCC(Br)CC1. The lowest BCUT2D eigenvalue weighted by molar-refractivity contribution is 0.0943. The van der Waals surface area contributed by atoms with E-state index in [2.05, 4.69) is 21.2 Å². The summed E-state index contributed by atoms with van der Waals surface area (Å²) >= 11 is 9.59. The molecule has 1 fully saturated rings. The average Bonchev–Trinajstić information content (AvgIpc) is 2.40. The fraction of sp³-hybridized carbons (Fsp3) is 0.533. The Hall–Kier alpha value is -0.540. The molecule has 0 atom stereocenters. The molecule has 1 aromatic rings. The predicted octanol–water partition coefficient (Wildman–Crippen LogP) is 4.33. The van der Waals surface area contributed by atoms with Crippen LogP contribution in [0.15, 0.2) is 18.2 Å². The van der Waals surface area contributed by atoms with Gasteiger partial charge in [-0.3, -0.25) is 4.79 Å². The van der Waals surface area contributed by atoms with Crippen molar-refractivity contribution in [2.24, 2.45) is 5.92 Å². The van der Waals surface area contributed by atoms with Gasteiger partial charge in [0, 0.05) is 22.0 Å². The van der Waals surface area contributed by atoms with Crippen LogP contribution in [0.3, 0.4) is 0 Å². The third kappa shape index (κ3) is 4.22. The van der Waals surface area contributed by atoms with E-state index in [1.54, 1.807) is 6.07 Å². The lowest BCUT2D eigenvalue weighted by atomic mass is 9.89. The van der Waals surface area contributed by atoms with Crippen molar-refractivity contribution in [3.05, 3.63) is 34.3 Å². The molecule has 0 unspecified atom stereocenters. The molecule has 1 aliphatic rings. The lowest BCUT2D eigenvalue weighted by Gasteiger charge is -2.25. The van der Waals surface area contributed by atoms with Gasteiger partial charge in [0.25, 0.3) is 5.91 Å². The van der Waals surface area contributed by atoms with E-state index in [9.17, 15) is 4.79 Å². The van der Waals surface area contributed by atoms with Crippen LogP contribution in [-0.4, -0.2) is 17.3 Å². The van der Waals surface area contributed by atoms with Gasteiger partial charge in [0.05, 0.1) is 0 Å². The number of carbonyl (C=O) groups is 1. The predicted molar refractivity (Wildman–Crippen MR) is 83.2 cm³/mol. The highest BCUT2D eigenvalue weighted by atomic mass is 79.9. The van der Waals surface area contributed by atoms with Crippen molar-refractivity contribution in [3.8, 4) is 0 Å². The van der Waals surface area contributed by atoms with Crippen molar-refractivity contribution in [2.45, 2.75) is 37.4 Å². The number of nitrogens with one attached hydrogen (secondary N) is 1. The van der Waals surface area contributed by atoms with Crippen LogP contribution in [-0.2, 0) is 0 Å². The Balaban J connectivity index is 1.89. The van der Waals surface area contributed by atoms with Crippen molar-refractivity contribution in [2.75, 3.05) is 6.54 Å². The number of rotatable bonds is 3. The molecular formula is C15H19BrClNO. The van der Waals surface area contributed by atoms with Gasteiger partial charge in [-0.1, -0.05) is 33.6 Å². The maximum Gasteiger partial charge on any atom is 0.251 e. The van der Waals surface area contributed by atoms with E-state index < -0.39 is 0 Å². The smallest absolute Gasteiger partial charge is 0.251 e. The Morgan fingerprint density at radius 1 is 1.37 bits per heavy atom. The zero-order valence-electron chi connectivity index (χ0n) is 11.1. The number of hydrogen-bond acceptors (Lipinski definition) is 1. The molecule has 1 aliphatic carbocycles. The van der Waals surface area contributed by atoms with Crippen LogP contribution in [0.25, 0.3) is 0 Å². The van der Waals surface area contributed by atoms with E-state index in [4.69, 9.17) is 11.6 Å². The molecule has 2 rings (SSSR count). The largest absolute Gasteiger partial charge is 0.352 e. The number of alkyl halides is 1. The summed E-state index contributed by atoms with van der Waals surface area (Å²) in [5.74, 6) is 0.596. The molecule has 0 heterocycles. The molecular weight excluding hydrogens is 326 g/mol. The first-order valence-electron chi connectivity index (χ1n) is 6.74. The molecule has 0 spiro atoms. The van der Waals surface area contributed by atoms with Crippen LogP contribution in [0.1, 0.15) is 41.6 Å². The number of aryl methyl sites for hydroxylation is 1. The first-order chi connectivity index (χ1) is 9.06. The van der Waals surface area contributed by atoms with Crippen LogP contribution in [0, 0.1) is 12.8 Å². The third-order valence-corrected chi connectivity index (χ3v) is 4.92. The van der Waals surface area contributed by atoms with Gasteiger partial charge in [0.2, 0.25) is 0 Å². The Labute approximate surface area is 128 Å². The van der Waals surface area contributed by atoms with Gasteiger partial charge in [-0.05, 0) is 56.2 Å². The first-order valence-corrected chi connectivity index (χ1v) is 8.04. The fourth-order valence-corrected chi connectivity index (χ4v) is 3.20. The van der Waals surface area contributed by atoms with Gasteiger partial charge < -0.3 is 5.32 Å². The zero-order chi connectivity index (χ0) is 13.8. The summed E-state index contributed by atoms with van der Waals surface area (Å²) < 4.78 is 0. The minimum atomic E-state index is -0.0130. The molecule has 0 radical (unpaired) electrons.